The number of rotatable bonds is 6. The van der Waals surface area contributed by atoms with Gasteiger partial charge in [0.15, 0.2) is 5.75 Å². The summed E-state index contributed by atoms with van der Waals surface area (Å²) < 4.78 is 10.9. The van der Waals surface area contributed by atoms with Crippen LogP contribution in [0.2, 0.25) is 15.1 Å². The number of aliphatic imine (C=N–C) groups is 1. The fraction of sp³-hybridized carbons (Fsp3) is 0.0952. The average molecular weight is 421 g/mol. The highest BCUT2D eigenvalue weighted by Crippen LogP contribution is 2.35. The van der Waals surface area contributed by atoms with Crippen LogP contribution in [0.25, 0.3) is 0 Å². The molecule has 138 valence electrons. The van der Waals surface area contributed by atoms with Gasteiger partial charge in [-0.3, -0.25) is 4.99 Å². The topological polar surface area (TPSA) is 30.8 Å². The second kappa shape index (κ2) is 9.14. The van der Waals surface area contributed by atoms with Crippen LogP contribution in [0.15, 0.2) is 65.7 Å². The van der Waals surface area contributed by atoms with E-state index in [2.05, 4.69) is 4.99 Å². The van der Waals surface area contributed by atoms with Crippen LogP contribution in [0, 0.1) is 0 Å². The highest BCUT2D eigenvalue weighted by Gasteiger charge is 2.10. The predicted octanol–water partition coefficient (Wildman–Crippen LogP) is 6.99. The zero-order valence-electron chi connectivity index (χ0n) is 14.5. The van der Waals surface area contributed by atoms with Crippen molar-refractivity contribution in [3.8, 4) is 11.5 Å². The molecule has 0 unspecified atom stereocenters. The standard InChI is InChI=1S/C21H16Cl3NO2/c1-26-17-8-6-16(7-9-17)25-12-14-10-19(23)21(20(24)11-14)27-13-15-4-2-3-5-18(15)22/h2-12H,13H2,1H3. The first kappa shape index (κ1) is 19.6. The average Bonchev–Trinajstić information content (AvgIpc) is 2.67. The summed E-state index contributed by atoms with van der Waals surface area (Å²) in [6.07, 6.45) is 1.69. The van der Waals surface area contributed by atoms with Crippen molar-refractivity contribution in [3.63, 3.8) is 0 Å². The summed E-state index contributed by atoms with van der Waals surface area (Å²) in [7, 11) is 1.62. The van der Waals surface area contributed by atoms with E-state index < -0.39 is 0 Å². The van der Waals surface area contributed by atoms with Crippen LogP contribution in [-0.2, 0) is 6.61 Å². The van der Waals surface area contributed by atoms with Crippen LogP contribution in [-0.4, -0.2) is 13.3 Å². The Labute approximate surface area is 173 Å². The summed E-state index contributed by atoms with van der Waals surface area (Å²) in [4.78, 5) is 4.41. The maximum absolute atomic E-state index is 6.34. The third kappa shape index (κ3) is 5.16. The Morgan fingerprint density at radius 1 is 0.889 bits per heavy atom. The van der Waals surface area contributed by atoms with Gasteiger partial charge in [-0.15, -0.1) is 0 Å². The van der Waals surface area contributed by atoms with Gasteiger partial charge in [0.1, 0.15) is 12.4 Å². The minimum Gasteiger partial charge on any atom is -0.497 e. The summed E-state index contributed by atoms with van der Waals surface area (Å²) in [6, 6.07) is 18.4. The SMILES string of the molecule is COc1ccc(N=Cc2cc(Cl)c(OCc3ccccc3Cl)c(Cl)c2)cc1. The summed E-state index contributed by atoms with van der Waals surface area (Å²) in [5, 5.41) is 1.45. The second-order valence-corrected chi connectivity index (χ2v) is 6.87. The van der Waals surface area contributed by atoms with Crippen molar-refractivity contribution < 1.29 is 9.47 Å². The molecule has 0 N–H and O–H groups in total. The molecule has 27 heavy (non-hydrogen) atoms. The van der Waals surface area contributed by atoms with Gasteiger partial charge in [-0.25, -0.2) is 0 Å². The van der Waals surface area contributed by atoms with Crippen LogP contribution in [0.1, 0.15) is 11.1 Å². The van der Waals surface area contributed by atoms with E-state index in [0.717, 1.165) is 22.6 Å². The number of ether oxygens (including phenoxy) is 2. The maximum Gasteiger partial charge on any atom is 0.157 e. The Morgan fingerprint density at radius 2 is 1.56 bits per heavy atom. The molecule has 0 amide bonds. The van der Waals surface area contributed by atoms with E-state index in [-0.39, 0.29) is 6.61 Å². The summed E-state index contributed by atoms with van der Waals surface area (Å²) in [5.74, 6) is 1.19. The van der Waals surface area contributed by atoms with Crippen molar-refractivity contribution in [3.05, 3.63) is 86.9 Å². The smallest absolute Gasteiger partial charge is 0.157 e. The number of nitrogens with zero attached hydrogens (tertiary/aromatic N) is 1. The predicted molar refractivity (Wildman–Crippen MR) is 112 cm³/mol. The van der Waals surface area contributed by atoms with Gasteiger partial charge in [0.05, 0.1) is 22.8 Å². The van der Waals surface area contributed by atoms with Crippen molar-refractivity contribution in [2.75, 3.05) is 7.11 Å². The molecule has 3 aromatic carbocycles. The van der Waals surface area contributed by atoms with Gasteiger partial charge < -0.3 is 9.47 Å². The van der Waals surface area contributed by atoms with Gasteiger partial charge in [0.2, 0.25) is 0 Å². The minimum atomic E-state index is 0.276. The fourth-order valence-corrected chi connectivity index (χ4v) is 3.18. The Morgan fingerprint density at radius 3 is 2.19 bits per heavy atom. The van der Waals surface area contributed by atoms with Gasteiger partial charge in [0, 0.05) is 16.8 Å². The Balaban J connectivity index is 1.74. The van der Waals surface area contributed by atoms with Crippen molar-refractivity contribution in [2.45, 2.75) is 6.61 Å². The lowest BCUT2D eigenvalue weighted by Gasteiger charge is -2.11. The lowest BCUT2D eigenvalue weighted by molar-refractivity contribution is 0.306. The quantitative estimate of drug-likeness (QED) is 0.402. The zero-order chi connectivity index (χ0) is 19.2. The minimum absolute atomic E-state index is 0.276. The summed E-state index contributed by atoms with van der Waals surface area (Å²) >= 11 is 18.8. The number of benzene rings is 3. The van der Waals surface area contributed by atoms with E-state index in [1.165, 1.54) is 0 Å². The van der Waals surface area contributed by atoms with Crippen LogP contribution >= 0.6 is 34.8 Å². The van der Waals surface area contributed by atoms with Crippen LogP contribution in [0.4, 0.5) is 5.69 Å². The second-order valence-electron chi connectivity index (χ2n) is 5.65. The van der Waals surface area contributed by atoms with Crippen molar-refractivity contribution >= 4 is 46.7 Å². The lowest BCUT2D eigenvalue weighted by Crippen LogP contribution is -1.98. The van der Waals surface area contributed by atoms with E-state index in [4.69, 9.17) is 44.3 Å². The van der Waals surface area contributed by atoms with Gasteiger partial charge in [-0.1, -0.05) is 53.0 Å². The molecule has 0 heterocycles. The molecule has 0 spiro atoms. The number of halogens is 3. The van der Waals surface area contributed by atoms with E-state index in [9.17, 15) is 0 Å². The molecule has 0 aliphatic rings. The molecule has 3 nitrogen and oxygen atoms in total. The molecule has 3 rings (SSSR count). The molecule has 0 fully saturated rings. The zero-order valence-corrected chi connectivity index (χ0v) is 16.7. The normalized spacial score (nSPS) is 11.0. The van der Waals surface area contributed by atoms with Crippen molar-refractivity contribution in [1.29, 1.82) is 0 Å². The molecule has 0 saturated heterocycles. The molecule has 0 aromatic heterocycles. The van der Waals surface area contributed by atoms with Gasteiger partial charge >= 0.3 is 0 Å². The van der Waals surface area contributed by atoms with Crippen LogP contribution < -0.4 is 9.47 Å². The summed E-state index contributed by atoms with van der Waals surface area (Å²) in [5.41, 5.74) is 2.42. The van der Waals surface area contributed by atoms with Gasteiger partial charge in [0.25, 0.3) is 0 Å². The first-order valence-electron chi connectivity index (χ1n) is 8.10. The molecule has 3 aromatic rings. The monoisotopic (exact) mass is 419 g/mol. The first-order chi connectivity index (χ1) is 13.1. The van der Waals surface area contributed by atoms with E-state index in [0.29, 0.717) is 20.8 Å². The van der Waals surface area contributed by atoms with E-state index >= 15 is 0 Å². The van der Waals surface area contributed by atoms with Crippen molar-refractivity contribution in [1.82, 2.24) is 0 Å². The molecule has 0 bridgehead atoms. The summed E-state index contributed by atoms with van der Waals surface area (Å²) in [6.45, 7) is 0.276. The van der Waals surface area contributed by atoms with Crippen LogP contribution in [0.3, 0.4) is 0 Å². The molecule has 0 radical (unpaired) electrons. The van der Waals surface area contributed by atoms with E-state index in [1.54, 1.807) is 25.5 Å². The third-order valence-electron chi connectivity index (χ3n) is 3.79. The number of methoxy groups -OCH3 is 1. The molecule has 0 atom stereocenters. The fourth-order valence-electron chi connectivity index (χ4n) is 2.37. The Bertz CT molecular complexity index is 933. The highest BCUT2D eigenvalue weighted by atomic mass is 35.5. The van der Waals surface area contributed by atoms with Crippen molar-refractivity contribution in [2.24, 2.45) is 4.99 Å². The molecule has 6 heteroatoms. The Kier molecular flexibility index (Phi) is 6.62. The molecule has 0 saturated carbocycles. The first-order valence-corrected chi connectivity index (χ1v) is 9.23. The molecular formula is C21H16Cl3NO2. The molecule has 0 aliphatic heterocycles. The highest BCUT2D eigenvalue weighted by molar-refractivity contribution is 6.37. The lowest BCUT2D eigenvalue weighted by atomic mass is 10.2. The van der Waals surface area contributed by atoms with E-state index in [1.807, 2.05) is 48.5 Å². The number of hydrogen-bond donors (Lipinski definition) is 0. The largest absolute Gasteiger partial charge is 0.497 e. The van der Waals surface area contributed by atoms with Crippen LogP contribution in [0.5, 0.6) is 11.5 Å². The molecule has 0 aliphatic carbocycles. The van der Waals surface area contributed by atoms with Gasteiger partial charge in [-0.2, -0.15) is 0 Å². The number of hydrogen-bond acceptors (Lipinski definition) is 3. The third-order valence-corrected chi connectivity index (χ3v) is 4.72. The Hall–Kier alpha value is -2.20. The maximum atomic E-state index is 6.34. The molecular weight excluding hydrogens is 405 g/mol. The van der Waals surface area contributed by atoms with Gasteiger partial charge in [-0.05, 0) is 48.0 Å².